The van der Waals surface area contributed by atoms with Gasteiger partial charge in [0.05, 0.1) is 11.8 Å². The van der Waals surface area contributed by atoms with Crippen LogP contribution in [-0.4, -0.2) is 44.0 Å². The molecular formula is C18H19N3O5S. The normalized spacial score (nSPS) is 20.7. The van der Waals surface area contributed by atoms with E-state index < -0.39 is 17.9 Å². The summed E-state index contributed by atoms with van der Waals surface area (Å²) in [6.45, 7) is 1.63. The highest BCUT2D eigenvalue weighted by Gasteiger charge is 2.44. The predicted octanol–water partition coefficient (Wildman–Crippen LogP) is 1.06. The Balaban J connectivity index is 1.77. The maximum atomic E-state index is 12.3. The number of aliphatic carboxylic acids is 1. The number of hydrogen-bond acceptors (Lipinski definition) is 6. The van der Waals surface area contributed by atoms with Crippen LogP contribution in [0, 0.1) is 0 Å². The highest BCUT2D eigenvalue weighted by Crippen LogP contribution is 2.40. The SMILES string of the molecule is C/C(=C/C1=C(C(=O)O)N2C(=O)C[C@H]2SC1)NC(=O)[C@H](N)c1ccc(O)cc1. The number of hydrogen-bond donors (Lipinski definition) is 4. The van der Waals surface area contributed by atoms with Gasteiger partial charge in [-0.1, -0.05) is 12.1 Å². The van der Waals surface area contributed by atoms with Crippen molar-refractivity contribution >= 4 is 29.5 Å². The summed E-state index contributed by atoms with van der Waals surface area (Å²) in [4.78, 5) is 37.0. The van der Waals surface area contributed by atoms with Crippen LogP contribution in [0.25, 0.3) is 0 Å². The lowest BCUT2D eigenvalue weighted by Crippen LogP contribution is -2.53. The van der Waals surface area contributed by atoms with Gasteiger partial charge < -0.3 is 21.3 Å². The number of benzene rings is 1. The number of allylic oxidation sites excluding steroid dienone is 2. The number of fused-ring (bicyclic) bond motifs is 1. The number of thioether (sulfide) groups is 1. The van der Waals surface area contributed by atoms with Crippen LogP contribution < -0.4 is 11.1 Å². The number of rotatable bonds is 5. The van der Waals surface area contributed by atoms with E-state index in [2.05, 4.69) is 5.32 Å². The van der Waals surface area contributed by atoms with Crippen LogP contribution in [0.1, 0.15) is 24.9 Å². The fourth-order valence-corrected chi connectivity index (χ4v) is 4.18. The van der Waals surface area contributed by atoms with Gasteiger partial charge in [-0.25, -0.2) is 4.79 Å². The van der Waals surface area contributed by atoms with E-state index >= 15 is 0 Å². The van der Waals surface area contributed by atoms with Crippen molar-refractivity contribution in [1.29, 1.82) is 0 Å². The molecule has 8 nitrogen and oxygen atoms in total. The van der Waals surface area contributed by atoms with Gasteiger partial charge in [0.25, 0.3) is 0 Å². The second kappa shape index (κ2) is 7.45. The first-order valence-corrected chi connectivity index (χ1v) is 9.26. The maximum Gasteiger partial charge on any atom is 0.352 e. The number of nitrogens with one attached hydrogen (secondary N) is 1. The molecule has 2 atom stereocenters. The summed E-state index contributed by atoms with van der Waals surface area (Å²) in [5.41, 5.74) is 7.32. The first-order valence-electron chi connectivity index (χ1n) is 8.21. The second-order valence-corrected chi connectivity index (χ2v) is 7.46. The highest BCUT2D eigenvalue weighted by molar-refractivity contribution is 8.00. The third-order valence-electron chi connectivity index (χ3n) is 4.33. The topological polar surface area (TPSA) is 133 Å². The predicted molar refractivity (Wildman–Crippen MR) is 99.3 cm³/mol. The third-order valence-corrected chi connectivity index (χ3v) is 5.57. The molecule has 0 aliphatic carbocycles. The molecular weight excluding hydrogens is 370 g/mol. The number of carboxylic acids is 1. The van der Waals surface area contributed by atoms with Gasteiger partial charge in [-0.3, -0.25) is 14.5 Å². The first kappa shape index (κ1) is 19.0. The number of aromatic hydroxyl groups is 1. The highest BCUT2D eigenvalue weighted by atomic mass is 32.2. The summed E-state index contributed by atoms with van der Waals surface area (Å²) in [7, 11) is 0. The van der Waals surface area contributed by atoms with E-state index in [4.69, 9.17) is 5.73 Å². The lowest BCUT2D eigenvalue weighted by Gasteiger charge is -2.43. The van der Waals surface area contributed by atoms with Crippen molar-refractivity contribution < 1.29 is 24.6 Å². The number of carbonyl (C=O) groups is 3. The molecule has 142 valence electrons. The second-order valence-electron chi connectivity index (χ2n) is 6.30. The Morgan fingerprint density at radius 2 is 2.04 bits per heavy atom. The molecule has 0 saturated carbocycles. The smallest absolute Gasteiger partial charge is 0.352 e. The van der Waals surface area contributed by atoms with E-state index in [0.29, 0.717) is 29.0 Å². The van der Waals surface area contributed by atoms with Crippen LogP contribution >= 0.6 is 11.8 Å². The van der Waals surface area contributed by atoms with Crippen LogP contribution in [0.4, 0.5) is 0 Å². The summed E-state index contributed by atoms with van der Waals surface area (Å²) < 4.78 is 0. The number of amides is 2. The zero-order valence-corrected chi connectivity index (χ0v) is 15.3. The molecule has 2 heterocycles. The van der Waals surface area contributed by atoms with E-state index in [1.807, 2.05) is 0 Å². The van der Waals surface area contributed by atoms with E-state index in [1.54, 1.807) is 25.1 Å². The van der Waals surface area contributed by atoms with E-state index in [0.717, 1.165) is 0 Å². The Hall–Kier alpha value is -2.78. The molecule has 2 aliphatic rings. The van der Waals surface area contributed by atoms with Crippen molar-refractivity contribution in [1.82, 2.24) is 10.2 Å². The molecule has 2 aliphatic heterocycles. The quantitative estimate of drug-likeness (QED) is 0.553. The van der Waals surface area contributed by atoms with Gasteiger partial charge >= 0.3 is 5.97 Å². The van der Waals surface area contributed by atoms with Crippen molar-refractivity contribution in [2.24, 2.45) is 5.73 Å². The van der Waals surface area contributed by atoms with Crippen molar-refractivity contribution in [3.8, 4) is 5.75 Å². The molecule has 1 aromatic carbocycles. The standard InChI is InChI=1S/C18H19N3O5S/c1-9(20-17(24)15(19)10-2-4-12(22)5-3-10)6-11-8-27-14-7-13(23)21(14)16(11)18(25)26/h2-6,14-15,22H,7-8,19H2,1H3,(H,20,24)(H,25,26)/b9-6-/t14-,15-/m1/s1. The molecule has 2 amide bonds. The molecule has 1 saturated heterocycles. The summed E-state index contributed by atoms with van der Waals surface area (Å²) in [6, 6.07) is 5.04. The molecule has 3 rings (SSSR count). The number of nitrogens with zero attached hydrogens (tertiary/aromatic N) is 1. The molecule has 0 bridgehead atoms. The fourth-order valence-electron chi connectivity index (χ4n) is 2.95. The summed E-state index contributed by atoms with van der Waals surface area (Å²) in [5, 5.41) is 21.3. The number of β-lactam (4-membered cyclic amide) rings is 1. The van der Waals surface area contributed by atoms with Gasteiger partial charge in [-0.15, -0.1) is 11.8 Å². The molecule has 9 heteroatoms. The number of phenolic OH excluding ortho intramolecular Hbond substituents is 1. The Morgan fingerprint density at radius 1 is 1.37 bits per heavy atom. The molecule has 0 unspecified atom stereocenters. The molecule has 0 aromatic heterocycles. The lowest BCUT2D eigenvalue weighted by molar-refractivity contribution is -0.146. The van der Waals surface area contributed by atoms with Crippen molar-refractivity contribution in [3.05, 3.63) is 52.9 Å². The largest absolute Gasteiger partial charge is 0.508 e. The minimum atomic E-state index is -1.17. The third kappa shape index (κ3) is 3.83. The Morgan fingerprint density at radius 3 is 2.63 bits per heavy atom. The monoisotopic (exact) mass is 389 g/mol. The average Bonchev–Trinajstić information content (AvgIpc) is 2.61. The van der Waals surface area contributed by atoms with Gasteiger partial charge in [-0.05, 0) is 36.3 Å². The van der Waals surface area contributed by atoms with Crippen molar-refractivity contribution in [3.63, 3.8) is 0 Å². The molecule has 5 N–H and O–H groups in total. The summed E-state index contributed by atoms with van der Waals surface area (Å²) in [6.07, 6.45) is 1.90. The zero-order chi connectivity index (χ0) is 19.7. The molecule has 1 aromatic rings. The zero-order valence-electron chi connectivity index (χ0n) is 14.5. The number of carboxylic acid groups (broad SMARTS) is 1. The number of nitrogens with two attached hydrogens (primary N) is 1. The van der Waals surface area contributed by atoms with Crippen LogP contribution in [0.3, 0.4) is 0 Å². The van der Waals surface area contributed by atoms with Gasteiger partial charge in [0, 0.05) is 11.4 Å². The molecule has 1 fully saturated rings. The van der Waals surface area contributed by atoms with Gasteiger partial charge in [-0.2, -0.15) is 0 Å². The minimum Gasteiger partial charge on any atom is -0.508 e. The van der Waals surface area contributed by atoms with E-state index in [9.17, 15) is 24.6 Å². The first-order chi connectivity index (χ1) is 12.8. The maximum absolute atomic E-state index is 12.3. The van der Waals surface area contributed by atoms with Crippen LogP contribution in [0.2, 0.25) is 0 Å². The van der Waals surface area contributed by atoms with Crippen LogP contribution in [0.15, 0.2) is 47.3 Å². The van der Waals surface area contributed by atoms with Gasteiger partial charge in [0.15, 0.2) is 0 Å². The van der Waals surface area contributed by atoms with E-state index in [-0.39, 0.29) is 22.7 Å². The van der Waals surface area contributed by atoms with Crippen molar-refractivity contribution in [2.75, 3.05) is 5.75 Å². The average molecular weight is 389 g/mol. The number of carbonyl (C=O) groups excluding carboxylic acids is 2. The van der Waals surface area contributed by atoms with Gasteiger partial charge in [0.1, 0.15) is 17.5 Å². The molecule has 0 spiro atoms. The Kier molecular flexibility index (Phi) is 5.24. The molecule has 0 radical (unpaired) electrons. The van der Waals surface area contributed by atoms with E-state index in [1.165, 1.54) is 28.8 Å². The van der Waals surface area contributed by atoms with Crippen LogP contribution in [-0.2, 0) is 14.4 Å². The summed E-state index contributed by atoms with van der Waals surface area (Å²) >= 11 is 1.49. The summed E-state index contributed by atoms with van der Waals surface area (Å²) in [5.74, 6) is -1.34. The van der Waals surface area contributed by atoms with Gasteiger partial charge in [0.2, 0.25) is 11.8 Å². The van der Waals surface area contributed by atoms with Crippen molar-refractivity contribution in [2.45, 2.75) is 24.8 Å². The number of phenols is 1. The Bertz CT molecular complexity index is 862. The molecule has 27 heavy (non-hydrogen) atoms. The lowest BCUT2D eigenvalue weighted by atomic mass is 10.1. The van der Waals surface area contributed by atoms with Crippen LogP contribution in [0.5, 0.6) is 5.75 Å². The Labute approximate surface area is 159 Å². The minimum absolute atomic E-state index is 0.0357. The fraction of sp³-hybridized carbons (Fsp3) is 0.278.